The second kappa shape index (κ2) is 5.34. The van der Waals surface area contributed by atoms with Gasteiger partial charge in [0.25, 0.3) is 0 Å². The van der Waals surface area contributed by atoms with Gasteiger partial charge in [0.05, 0.1) is 19.1 Å². The van der Waals surface area contributed by atoms with Gasteiger partial charge < -0.3 is 9.64 Å². The molecule has 0 radical (unpaired) electrons. The number of likely N-dealkylation sites (tertiary alicyclic amines) is 1. The molecule has 20 heavy (non-hydrogen) atoms. The van der Waals surface area contributed by atoms with E-state index in [0.717, 1.165) is 4.90 Å². The van der Waals surface area contributed by atoms with Crippen LogP contribution < -0.4 is 4.74 Å². The number of benzene rings is 1. The molecule has 1 aromatic rings. The first-order valence-corrected chi connectivity index (χ1v) is 6.45. The summed E-state index contributed by atoms with van der Waals surface area (Å²) in [5.74, 6) is 0.0363. The van der Waals surface area contributed by atoms with Crippen LogP contribution in [-0.4, -0.2) is 29.6 Å². The number of rotatable bonds is 4. The fourth-order valence-electron chi connectivity index (χ4n) is 2.45. The molecule has 1 aromatic carbocycles. The van der Waals surface area contributed by atoms with Gasteiger partial charge in [0.15, 0.2) is 0 Å². The number of carbonyl (C=O) groups excluding carboxylic acids is 1. The van der Waals surface area contributed by atoms with Crippen molar-refractivity contribution in [3.8, 4) is 5.75 Å². The lowest BCUT2D eigenvalue weighted by molar-refractivity contribution is -0.219. The van der Waals surface area contributed by atoms with Crippen molar-refractivity contribution in [2.45, 2.75) is 38.5 Å². The smallest absolute Gasteiger partial charge is 0.409 e. The van der Waals surface area contributed by atoms with Crippen molar-refractivity contribution in [2.24, 2.45) is 0 Å². The Morgan fingerprint density at radius 1 is 1.40 bits per heavy atom. The molecule has 1 amide bonds. The van der Waals surface area contributed by atoms with Gasteiger partial charge in [-0.15, -0.1) is 0 Å². The molecule has 0 spiro atoms. The lowest BCUT2D eigenvalue weighted by atomic mass is 9.94. The van der Waals surface area contributed by atoms with Crippen molar-refractivity contribution in [1.82, 2.24) is 4.90 Å². The first kappa shape index (κ1) is 14.7. The summed E-state index contributed by atoms with van der Waals surface area (Å²) in [6.45, 7) is 3.81. The summed E-state index contributed by atoms with van der Waals surface area (Å²) in [6.07, 6.45) is -4.85. The minimum Gasteiger partial charge on any atom is -0.494 e. The van der Waals surface area contributed by atoms with Gasteiger partial charge in [-0.2, -0.15) is 13.2 Å². The number of para-hydroxylation sites is 1. The number of amides is 1. The molecular weight excluding hydrogens is 271 g/mol. The van der Waals surface area contributed by atoms with Crippen LogP contribution in [0.3, 0.4) is 0 Å². The van der Waals surface area contributed by atoms with Gasteiger partial charge in [0.1, 0.15) is 11.8 Å². The number of halogens is 3. The van der Waals surface area contributed by atoms with Gasteiger partial charge in [0.2, 0.25) is 5.91 Å². The molecule has 3 nitrogen and oxygen atoms in total. The SMILES string of the molecule is CCOc1ccccc1C(C)N1C(=O)CC1C(F)(F)F. The summed E-state index contributed by atoms with van der Waals surface area (Å²) in [7, 11) is 0. The van der Waals surface area contributed by atoms with E-state index in [1.807, 2.05) is 0 Å². The third kappa shape index (κ3) is 2.59. The number of ether oxygens (including phenoxy) is 1. The van der Waals surface area contributed by atoms with Crippen molar-refractivity contribution in [1.29, 1.82) is 0 Å². The highest BCUT2D eigenvalue weighted by Crippen LogP contribution is 2.41. The van der Waals surface area contributed by atoms with Crippen LogP contribution in [0.4, 0.5) is 13.2 Å². The first-order chi connectivity index (χ1) is 9.36. The van der Waals surface area contributed by atoms with Gasteiger partial charge in [-0.1, -0.05) is 18.2 Å². The van der Waals surface area contributed by atoms with Crippen LogP contribution in [0.15, 0.2) is 24.3 Å². The largest absolute Gasteiger partial charge is 0.494 e. The zero-order valence-electron chi connectivity index (χ0n) is 11.3. The Labute approximate surface area is 115 Å². The van der Waals surface area contributed by atoms with Gasteiger partial charge >= 0.3 is 6.18 Å². The van der Waals surface area contributed by atoms with Crippen LogP contribution >= 0.6 is 0 Å². The Bertz CT molecular complexity index is 501. The lowest BCUT2D eigenvalue weighted by Gasteiger charge is -2.45. The Balaban J connectivity index is 2.27. The molecule has 1 aliphatic rings. The molecule has 2 atom stereocenters. The summed E-state index contributed by atoms with van der Waals surface area (Å²) < 4.78 is 43.9. The Morgan fingerprint density at radius 2 is 2.05 bits per heavy atom. The monoisotopic (exact) mass is 287 g/mol. The number of nitrogens with zero attached hydrogens (tertiary/aromatic N) is 1. The molecule has 1 heterocycles. The molecule has 1 aliphatic heterocycles. The molecule has 0 aromatic heterocycles. The number of alkyl halides is 3. The lowest BCUT2D eigenvalue weighted by Crippen LogP contribution is -2.60. The number of hydrogen-bond donors (Lipinski definition) is 0. The van der Waals surface area contributed by atoms with Crippen molar-refractivity contribution < 1.29 is 22.7 Å². The highest BCUT2D eigenvalue weighted by molar-refractivity contribution is 5.84. The molecule has 2 unspecified atom stereocenters. The van der Waals surface area contributed by atoms with Gasteiger partial charge in [0, 0.05) is 5.56 Å². The van der Waals surface area contributed by atoms with Crippen LogP contribution in [0, 0.1) is 0 Å². The van der Waals surface area contributed by atoms with Gasteiger partial charge in [-0.05, 0) is 19.9 Å². The van der Waals surface area contributed by atoms with E-state index in [9.17, 15) is 18.0 Å². The van der Waals surface area contributed by atoms with E-state index >= 15 is 0 Å². The van der Waals surface area contributed by atoms with E-state index in [-0.39, 0.29) is 0 Å². The molecule has 6 heteroatoms. The van der Waals surface area contributed by atoms with Gasteiger partial charge in [-0.25, -0.2) is 0 Å². The van der Waals surface area contributed by atoms with E-state index in [4.69, 9.17) is 4.74 Å². The van der Waals surface area contributed by atoms with Crippen molar-refractivity contribution in [3.05, 3.63) is 29.8 Å². The average molecular weight is 287 g/mol. The normalized spacial score (nSPS) is 20.6. The molecular formula is C14H16F3NO2. The highest BCUT2D eigenvalue weighted by atomic mass is 19.4. The highest BCUT2D eigenvalue weighted by Gasteiger charge is 2.55. The molecule has 0 bridgehead atoms. The molecule has 1 fully saturated rings. The van der Waals surface area contributed by atoms with E-state index in [2.05, 4.69) is 0 Å². The summed E-state index contributed by atoms with van der Waals surface area (Å²) in [4.78, 5) is 12.4. The average Bonchev–Trinajstić information content (AvgIpc) is 2.35. The van der Waals surface area contributed by atoms with Crippen LogP contribution in [0.5, 0.6) is 5.75 Å². The maximum absolute atomic E-state index is 12.8. The minimum absolute atomic E-state index is 0.417. The zero-order chi connectivity index (χ0) is 14.9. The predicted molar refractivity (Wildman–Crippen MR) is 67.3 cm³/mol. The number of β-lactam (4-membered cyclic amide) rings is 1. The molecule has 1 saturated heterocycles. The molecule has 0 saturated carbocycles. The van der Waals surface area contributed by atoms with E-state index < -0.39 is 30.6 Å². The summed E-state index contributed by atoms with van der Waals surface area (Å²) in [6, 6.07) is 4.50. The van der Waals surface area contributed by atoms with E-state index in [0.29, 0.717) is 17.9 Å². The van der Waals surface area contributed by atoms with Crippen molar-refractivity contribution >= 4 is 5.91 Å². The molecule has 0 aliphatic carbocycles. The third-order valence-corrected chi connectivity index (χ3v) is 3.46. The van der Waals surface area contributed by atoms with Crippen molar-refractivity contribution in [3.63, 3.8) is 0 Å². The summed E-state index contributed by atoms with van der Waals surface area (Å²) in [5.41, 5.74) is 0.594. The third-order valence-electron chi connectivity index (χ3n) is 3.46. The maximum Gasteiger partial charge on any atom is 0.409 e. The standard InChI is InChI=1S/C14H16F3NO2/c1-3-20-11-7-5-4-6-10(11)9(2)18-12(8-13(18)19)14(15,16)17/h4-7,9,12H,3,8H2,1-2H3. The zero-order valence-corrected chi connectivity index (χ0v) is 11.3. The topological polar surface area (TPSA) is 29.5 Å². The first-order valence-electron chi connectivity index (χ1n) is 6.45. The maximum atomic E-state index is 12.8. The van der Waals surface area contributed by atoms with Gasteiger partial charge in [-0.3, -0.25) is 4.79 Å². The predicted octanol–water partition coefficient (Wildman–Crippen LogP) is 3.31. The van der Waals surface area contributed by atoms with Crippen LogP contribution in [0.25, 0.3) is 0 Å². The number of hydrogen-bond acceptors (Lipinski definition) is 2. The Hall–Kier alpha value is -1.72. The molecule has 110 valence electrons. The quantitative estimate of drug-likeness (QED) is 0.795. The van der Waals surface area contributed by atoms with E-state index in [1.54, 1.807) is 38.1 Å². The number of carbonyl (C=O) groups is 1. The molecule has 2 rings (SSSR count). The summed E-state index contributed by atoms with van der Waals surface area (Å²) >= 11 is 0. The minimum atomic E-state index is -4.39. The molecule has 0 N–H and O–H groups in total. The van der Waals surface area contributed by atoms with Crippen LogP contribution in [0.2, 0.25) is 0 Å². The second-order valence-corrected chi connectivity index (χ2v) is 4.71. The fraction of sp³-hybridized carbons (Fsp3) is 0.500. The van der Waals surface area contributed by atoms with Crippen molar-refractivity contribution in [2.75, 3.05) is 6.61 Å². The second-order valence-electron chi connectivity index (χ2n) is 4.71. The Kier molecular flexibility index (Phi) is 3.92. The summed E-state index contributed by atoms with van der Waals surface area (Å²) in [5, 5.41) is 0. The van der Waals surface area contributed by atoms with Crippen LogP contribution in [-0.2, 0) is 4.79 Å². The van der Waals surface area contributed by atoms with E-state index in [1.165, 1.54) is 0 Å². The van der Waals surface area contributed by atoms with Crippen LogP contribution in [0.1, 0.15) is 31.9 Å². The Morgan fingerprint density at radius 3 is 2.60 bits per heavy atom. The fourth-order valence-corrected chi connectivity index (χ4v) is 2.45.